The molecule has 2 heteroatoms. The molecule has 0 heterocycles. The van der Waals surface area contributed by atoms with E-state index in [0.29, 0.717) is 0 Å². The van der Waals surface area contributed by atoms with Crippen LogP contribution in [0, 0.1) is 0 Å². The first-order valence-electron chi connectivity index (χ1n) is 4.00. The Balaban J connectivity index is 2.42. The van der Waals surface area contributed by atoms with Crippen LogP contribution in [0.15, 0.2) is 29.3 Å². The van der Waals surface area contributed by atoms with Crippen LogP contribution in [-0.4, -0.2) is 13.3 Å². The van der Waals surface area contributed by atoms with E-state index in [2.05, 4.69) is 11.7 Å². The second-order valence-electron chi connectivity index (χ2n) is 2.68. The van der Waals surface area contributed by atoms with E-state index in [1.54, 1.807) is 0 Å². The standard InChI is InChI=1S/C10H12ClN/c1-12-8-2-3-9-4-6-10(11)7-5-9/h4-7H,1-3,8H2. The molecule has 1 rings (SSSR count). The number of aryl methyl sites for hydroxylation is 1. The molecule has 0 saturated carbocycles. The van der Waals surface area contributed by atoms with Crippen molar-refractivity contribution in [1.29, 1.82) is 0 Å². The van der Waals surface area contributed by atoms with Crippen LogP contribution >= 0.6 is 11.6 Å². The SMILES string of the molecule is C=NCCCc1ccc(Cl)cc1. The van der Waals surface area contributed by atoms with Crippen molar-refractivity contribution < 1.29 is 0 Å². The van der Waals surface area contributed by atoms with Gasteiger partial charge in [0.15, 0.2) is 0 Å². The molecule has 0 aliphatic rings. The molecule has 0 unspecified atom stereocenters. The summed E-state index contributed by atoms with van der Waals surface area (Å²) in [5, 5.41) is 0.792. The third-order valence-electron chi connectivity index (χ3n) is 1.69. The highest BCUT2D eigenvalue weighted by molar-refractivity contribution is 6.30. The molecule has 0 N–H and O–H groups in total. The van der Waals surface area contributed by atoms with Crippen molar-refractivity contribution in [3.8, 4) is 0 Å². The van der Waals surface area contributed by atoms with Gasteiger partial charge in [0.25, 0.3) is 0 Å². The van der Waals surface area contributed by atoms with Crippen LogP contribution in [0.3, 0.4) is 0 Å². The normalized spacial score (nSPS) is 9.75. The third kappa shape index (κ3) is 3.05. The van der Waals surface area contributed by atoms with Crippen LogP contribution in [-0.2, 0) is 6.42 Å². The third-order valence-corrected chi connectivity index (χ3v) is 1.95. The maximum absolute atomic E-state index is 5.74. The van der Waals surface area contributed by atoms with E-state index >= 15 is 0 Å². The smallest absolute Gasteiger partial charge is 0.0406 e. The summed E-state index contributed by atoms with van der Waals surface area (Å²) >= 11 is 5.74. The van der Waals surface area contributed by atoms with Crippen LogP contribution < -0.4 is 0 Å². The summed E-state index contributed by atoms with van der Waals surface area (Å²) in [4.78, 5) is 3.79. The maximum Gasteiger partial charge on any atom is 0.0406 e. The highest BCUT2D eigenvalue weighted by Crippen LogP contribution is 2.10. The molecule has 0 radical (unpaired) electrons. The zero-order valence-electron chi connectivity index (χ0n) is 6.96. The molecule has 0 bridgehead atoms. The average molecular weight is 182 g/mol. The molecule has 0 aliphatic carbocycles. The van der Waals surface area contributed by atoms with Crippen molar-refractivity contribution in [2.75, 3.05) is 6.54 Å². The van der Waals surface area contributed by atoms with Gasteiger partial charge >= 0.3 is 0 Å². The molecule has 1 aromatic carbocycles. The van der Waals surface area contributed by atoms with Crippen molar-refractivity contribution in [3.05, 3.63) is 34.9 Å². The molecule has 0 spiro atoms. The minimum Gasteiger partial charge on any atom is -0.301 e. The van der Waals surface area contributed by atoms with Gasteiger partial charge in [-0.3, -0.25) is 0 Å². The number of hydrogen-bond donors (Lipinski definition) is 0. The summed E-state index contributed by atoms with van der Waals surface area (Å²) in [7, 11) is 0. The van der Waals surface area contributed by atoms with Crippen molar-refractivity contribution in [3.63, 3.8) is 0 Å². The van der Waals surface area contributed by atoms with Crippen LogP contribution in [0.4, 0.5) is 0 Å². The van der Waals surface area contributed by atoms with E-state index in [9.17, 15) is 0 Å². The van der Waals surface area contributed by atoms with Crippen molar-refractivity contribution in [2.24, 2.45) is 4.99 Å². The zero-order chi connectivity index (χ0) is 8.81. The topological polar surface area (TPSA) is 12.4 Å². The van der Waals surface area contributed by atoms with Gasteiger partial charge in [-0.1, -0.05) is 23.7 Å². The molecule has 0 atom stereocenters. The molecule has 0 fully saturated rings. The fourth-order valence-corrected chi connectivity index (χ4v) is 1.17. The second-order valence-corrected chi connectivity index (χ2v) is 3.11. The van der Waals surface area contributed by atoms with Crippen molar-refractivity contribution >= 4 is 18.3 Å². The summed E-state index contributed by atoms with van der Waals surface area (Å²) in [5.41, 5.74) is 1.31. The van der Waals surface area contributed by atoms with Crippen LogP contribution in [0.1, 0.15) is 12.0 Å². The summed E-state index contributed by atoms with van der Waals surface area (Å²) in [6.07, 6.45) is 2.11. The Morgan fingerprint density at radius 3 is 2.50 bits per heavy atom. The Labute approximate surface area is 78.1 Å². The van der Waals surface area contributed by atoms with E-state index in [1.807, 2.05) is 24.3 Å². The predicted molar refractivity (Wildman–Crippen MR) is 54.2 cm³/mol. The first-order chi connectivity index (χ1) is 5.83. The minimum atomic E-state index is 0.792. The van der Waals surface area contributed by atoms with Gasteiger partial charge in [-0.25, -0.2) is 0 Å². The van der Waals surface area contributed by atoms with E-state index in [0.717, 1.165) is 24.4 Å². The molecule has 12 heavy (non-hydrogen) atoms. The van der Waals surface area contributed by atoms with Gasteiger partial charge in [-0.05, 0) is 37.3 Å². The van der Waals surface area contributed by atoms with Gasteiger partial charge in [-0.15, -0.1) is 0 Å². The first kappa shape index (κ1) is 9.27. The lowest BCUT2D eigenvalue weighted by molar-refractivity contribution is 0.838. The number of halogens is 1. The van der Waals surface area contributed by atoms with E-state index in [1.165, 1.54) is 5.56 Å². The molecule has 1 aromatic rings. The van der Waals surface area contributed by atoms with E-state index in [4.69, 9.17) is 11.6 Å². The molecule has 64 valence electrons. The Morgan fingerprint density at radius 2 is 1.92 bits per heavy atom. The molecule has 0 amide bonds. The van der Waals surface area contributed by atoms with Crippen molar-refractivity contribution in [2.45, 2.75) is 12.8 Å². The van der Waals surface area contributed by atoms with Gasteiger partial charge in [0.05, 0.1) is 0 Å². The minimum absolute atomic E-state index is 0.792. The fourth-order valence-electron chi connectivity index (χ4n) is 1.05. The Morgan fingerprint density at radius 1 is 1.25 bits per heavy atom. The van der Waals surface area contributed by atoms with Gasteiger partial charge in [0.1, 0.15) is 0 Å². The van der Waals surface area contributed by atoms with Crippen LogP contribution in [0.5, 0.6) is 0 Å². The lowest BCUT2D eigenvalue weighted by Gasteiger charge is -1.98. The van der Waals surface area contributed by atoms with Crippen LogP contribution in [0.2, 0.25) is 5.02 Å². The quantitative estimate of drug-likeness (QED) is 0.500. The summed E-state index contributed by atoms with van der Waals surface area (Å²) in [5.74, 6) is 0. The zero-order valence-corrected chi connectivity index (χ0v) is 7.72. The van der Waals surface area contributed by atoms with E-state index < -0.39 is 0 Å². The Bertz CT molecular complexity index is 241. The molecule has 0 aromatic heterocycles. The highest BCUT2D eigenvalue weighted by atomic mass is 35.5. The van der Waals surface area contributed by atoms with Gasteiger partial charge in [-0.2, -0.15) is 0 Å². The number of rotatable bonds is 4. The molecule has 0 aliphatic heterocycles. The summed E-state index contributed by atoms with van der Waals surface area (Å²) in [6, 6.07) is 7.92. The number of benzene rings is 1. The summed E-state index contributed by atoms with van der Waals surface area (Å²) < 4.78 is 0. The first-order valence-corrected chi connectivity index (χ1v) is 4.37. The number of nitrogens with zero attached hydrogens (tertiary/aromatic N) is 1. The molecule has 1 nitrogen and oxygen atoms in total. The van der Waals surface area contributed by atoms with Crippen molar-refractivity contribution in [1.82, 2.24) is 0 Å². The molecular weight excluding hydrogens is 170 g/mol. The Hall–Kier alpha value is -0.820. The second kappa shape index (κ2) is 4.94. The lowest BCUT2D eigenvalue weighted by Crippen LogP contribution is -1.87. The number of aliphatic imine (C=N–C) groups is 1. The number of hydrogen-bond acceptors (Lipinski definition) is 1. The Kier molecular flexibility index (Phi) is 3.81. The van der Waals surface area contributed by atoms with Gasteiger partial charge < -0.3 is 4.99 Å². The predicted octanol–water partition coefficient (Wildman–Crippen LogP) is 2.97. The largest absolute Gasteiger partial charge is 0.301 e. The fraction of sp³-hybridized carbons (Fsp3) is 0.300. The monoisotopic (exact) mass is 181 g/mol. The molecular formula is C10H12ClN. The summed E-state index contributed by atoms with van der Waals surface area (Å²) in [6.45, 7) is 4.27. The van der Waals surface area contributed by atoms with Gasteiger partial charge in [0, 0.05) is 11.6 Å². The maximum atomic E-state index is 5.74. The average Bonchev–Trinajstić information content (AvgIpc) is 2.09. The van der Waals surface area contributed by atoms with Crippen LogP contribution in [0.25, 0.3) is 0 Å². The van der Waals surface area contributed by atoms with E-state index in [-0.39, 0.29) is 0 Å². The molecule has 0 saturated heterocycles. The van der Waals surface area contributed by atoms with Gasteiger partial charge in [0.2, 0.25) is 0 Å². The lowest BCUT2D eigenvalue weighted by atomic mass is 10.1. The highest BCUT2D eigenvalue weighted by Gasteiger charge is 1.91.